The summed E-state index contributed by atoms with van der Waals surface area (Å²) < 4.78 is 5.69. The number of nitrogens with zero attached hydrogens (tertiary/aromatic N) is 2. The predicted molar refractivity (Wildman–Crippen MR) is 118 cm³/mol. The molecule has 2 fully saturated rings. The fraction of sp³-hybridized carbons (Fsp3) is 0.591. The Morgan fingerprint density at radius 1 is 1.53 bits per heavy atom. The van der Waals surface area contributed by atoms with E-state index in [1.165, 1.54) is 0 Å². The first-order valence-electron chi connectivity index (χ1n) is 10.8. The number of pyridine rings is 1. The van der Waals surface area contributed by atoms with E-state index in [4.69, 9.17) is 15.9 Å². The van der Waals surface area contributed by atoms with E-state index in [0.717, 1.165) is 42.8 Å². The van der Waals surface area contributed by atoms with E-state index in [1.54, 1.807) is 12.3 Å². The van der Waals surface area contributed by atoms with E-state index in [9.17, 15) is 4.79 Å². The molecule has 1 aliphatic carbocycles. The number of amides is 1. The third kappa shape index (κ3) is 5.65. The molecular weight excluding hydrogens is 380 g/mol. The SMILES string of the molecule is Cc1cccnc1/C(=C/C(=N)[C@@H](C)N(C(=O)[C@H]1CNCCO1)C1CC1)NCCCN. The van der Waals surface area contributed by atoms with Crippen LogP contribution in [-0.4, -0.2) is 72.5 Å². The van der Waals surface area contributed by atoms with Crippen LogP contribution < -0.4 is 16.4 Å². The summed E-state index contributed by atoms with van der Waals surface area (Å²) in [4.78, 5) is 19.5. The second-order valence-electron chi connectivity index (χ2n) is 7.97. The Morgan fingerprint density at radius 3 is 2.97 bits per heavy atom. The van der Waals surface area contributed by atoms with E-state index in [0.29, 0.717) is 32.0 Å². The Kier molecular flexibility index (Phi) is 7.95. The lowest BCUT2D eigenvalue weighted by Crippen LogP contribution is -2.54. The normalized spacial score (nSPS) is 20.5. The molecule has 0 bridgehead atoms. The van der Waals surface area contributed by atoms with Gasteiger partial charge in [0.15, 0.2) is 0 Å². The van der Waals surface area contributed by atoms with Crippen LogP contribution in [0, 0.1) is 12.3 Å². The summed E-state index contributed by atoms with van der Waals surface area (Å²) in [6.07, 6.45) is 5.87. The van der Waals surface area contributed by atoms with E-state index in [2.05, 4.69) is 15.6 Å². The van der Waals surface area contributed by atoms with E-state index < -0.39 is 6.10 Å². The van der Waals surface area contributed by atoms with Crippen molar-refractivity contribution < 1.29 is 9.53 Å². The van der Waals surface area contributed by atoms with Gasteiger partial charge in [-0.25, -0.2) is 0 Å². The van der Waals surface area contributed by atoms with Crippen molar-refractivity contribution in [2.24, 2.45) is 5.73 Å². The second kappa shape index (κ2) is 10.7. The maximum atomic E-state index is 13.1. The van der Waals surface area contributed by atoms with Gasteiger partial charge in [-0.05, 0) is 57.4 Å². The van der Waals surface area contributed by atoms with Gasteiger partial charge in [-0.15, -0.1) is 0 Å². The van der Waals surface area contributed by atoms with Gasteiger partial charge in [0.05, 0.1) is 29.8 Å². The van der Waals surface area contributed by atoms with Crippen LogP contribution in [0.25, 0.3) is 5.70 Å². The molecular formula is C22H34N6O2. The molecule has 8 heteroatoms. The van der Waals surface area contributed by atoms with Gasteiger partial charge in [-0.2, -0.15) is 0 Å². The highest BCUT2D eigenvalue weighted by Crippen LogP contribution is 2.30. The van der Waals surface area contributed by atoms with Crippen LogP contribution in [0.3, 0.4) is 0 Å². The molecule has 5 N–H and O–H groups in total. The zero-order valence-electron chi connectivity index (χ0n) is 18.0. The van der Waals surface area contributed by atoms with Crippen LogP contribution in [0.15, 0.2) is 24.4 Å². The number of aryl methyl sites for hydroxylation is 1. The Hall–Kier alpha value is -2.29. The number of carbonyl (C=O) groups is 1. The molecule has 1 aromatic heterocycles. The topological polar surface area (TPSA) is 116 Å². The van der Waals surface area contributed by atoms with Gasteiger partial charge < -0.3 is 31.4 Å². The minimum absolute atomic E-state index is 0.0259. The Labute approximate surface area is 178 Å². The fourth-order valence-electron chi connectivity index (χ4n) is 3.65. The fourth-order valence-corrected chi connectivity index (χ4v) is 3.65. The minimum Gasteiger partial charge on any atom is -0.383 e. The smallest absolute Gasteiger partial charge is 0.253 e. The molecule has 3 rings (SSSR count). The van der Waals surface area contributed by atoms with Gasteiger partial charge in [0.2, 0.25) is 0 Å². The number of morpholine rings is 1. The lowest BCUT2D eigenvalue weighted by Gasteiger charge is -2.34. The average Bonchev–Trinajstić information content (AvgIpc) is 3.59. The van der Waals surface area contributed by atoms with Crippen molar-refractivity contribution in [1.29, 1.82) is 5.41 Å². The van der Waals surface area contributed by atoms with Crippen LogP contribution in [0.2, 0.25) is 0 Å². The molecule has 1 saturated heterocycles. The Bertz CT molecular complexity index is 771. The highest BCUT2D eigenvalue weighted by molar-refractivity contribution is 6.03. The van der Waals surface area contributed by atoms with Crippen molar-refractivity contribution in [1.82, 2.24) is 20.5 Å². The highest BCUT2D eigenvalue weighted by Gasteiger charge is 2.40. The highest BCUT2D eigenvalue weighted by atomic mass is 16.5. The standard InChI is InChI=1S/C22H34N6O2/c1-15-5-3-9-27-21(15)19(26-10-4-8-23)13-18(24)16(2)28(17-6-7-17)22(29)20-14-25-11-12-30-20/h3,5,9,13,16-17,20,24-26H,4,6-8,10-12,14,23H2,1-2H3/b19-13-,24-18?/t16-,20-/m1/s1. The number of aromatic nitrogens is 1. The summed E-state index contributed by atoms with van der Waals surface area (Å²) in [6, 6.07) is 3.75. The average molecular weight is 415 g/mol. The van der Waals surface area contributed by atoms with Gasteiger partial charge >= 0.3 is 0 Å². The van der Waals surface area contributed by atoms with E-state index in [1.807, 2.05) is 30.9 Å². The summed E-state index contributed by atoms with van der Waals surface area (Å²) in [5.41, 5.74) is 8.65. The maximum Gasteiger partial charge on any atom is 0.253 e. The van der Waals surface area contributed by atoms with Gasteiger partial charge in [0, 0.05) is 31.9 Å². The van der Waals surface area contributed by atoms with Gasteiger partial charge in [-0.3, -0.25) is 9.78 Å². The summed E-state index contributed by atoms with van der Waals surface area (Å²) >= 11 is 0. The second-order valence-corrected chi connectivity index (χ2v) is 7.97. The van der Waals surface area contributed by atoms with Crippen LogP contribution >= 0.6 is 0 Å². The number of carbonyl (C=O) groups excluding carboxylic acids is 1. The number of rotatable bonds is 10. The number of hydrogen-bond acceptors (Lipinski definition) is 7. The molecule has 0 radical (unpaired) electrons. The molecule has 2 atom stereocenters. The number of ether oxygens (including phenoxy) is 1. The summed E-state index contributed by atoms with van der Waals surface area (Å²) in [6.45, 7) is 7.05. The molecule has 1 amide bonds. The zero-order chi connectivity index (χ0) is 21.5. The number of hydrogen-bond donors (Lipinski definition) is 4. The lowest BCUT2D eigenvalue weighted by molar-refractivity contribution is -0.146. The molecule has 2 aliphatic rings. The largest absolute Gasteiger partial charge is 0.383 e. The van der Waals surface area contributed by atoms with Gasteiger partial charge in [-0.1, -0.05) is 6.07 Å². The molecule has 8 nitrogen and oxygen atoms in total. The number of nitrogens with one attached hydrogen (secondary N) is 3. The van der Waals surface area contributed by atoms with Crippen molar-refractivity contribution in [2.45, 2.75) is 51.3 Å². The molecule has 164 valence electrons. The van der Waals surface area contributed by atoms with Crippen molar-refractivity contribution in [3.63, 3.8) is 0 Å². The van der Waals surface area contributed by atoms with Crippen molar-refractivity contribution in [2.75, 3.05) is 32.8 Å². The first-order valence-corrected chi connectivity index (χ1v) is 10.8. The van der Waals surface area contributed by atoms with E-state index >= 15 is 0 Å². The molecule has 2 heterocycles. The Morgan fingerprint density at radius 2 is 2.33 bits per heavy atom. The summed E-state index contributed by atoms with van der Waals surface area (Å²) in [5.74, 6) is -0.0259. The first-order chi connectivity index (χ1) is 14.5. The van der Waals surface area contributed by atoms with Crippen molar-refractivity contribution in [3.8, 4) is 0 Å². The molecule has 30 heavy (non-hydrogen) atoms. The first kappa shape index (κ1) is 22.4. The van der Waals surface area contributed by atoms with Gasteiger partial charge in [0.25, 0.3) is 5.91 Å². The van der Waals surface area contributed by atoms with Crippen LogP contribution in [-0.2, 0) is 9.53 Å². The summed E-state index contributed by atoms with van der Waals surface area (Å²) in [5, 5.41) is 15.4. The quantitative estimate of drug-likeness (QED) is 0.336. The number of nitrogens with two attached hydrogens (primary N) is 1. The molecule has 0 spiro atoms. The molecule has 1 aromatic rings. The molecule has 1 aliphatic heterocycles. The minimum atomic E-state index is -0.473. The molecule has 0 unspecified atom stereocenters. The van der Waals surface area contributed by atoms with Crippen LogP contribution in [0.4, 0.5) is 0 Å². The van der Waals surface area contributed by atoms with Gasteiger partial charge in [0.1, 0.15) is 6.10 Å². The van der Waals surface area contributed by atoms with Crippen LogP contribution in [0.1, 0.15) is 37.4 Å². The third-order valence-electron chi connectivity index (χ3n) is 5.53. The van der Waals surface area contributed by atoms with E-state index in [-0.39, 0.29) is 18.0 Å². The van der Waals surface area contributed by atoms with Crippen LogP contribution in [0.5, 0.6) is 0 Å². The maximum absolute atomic E-state index is 13.1. The zero-order valence-corrected chi connectivity index (χ0v) is 18.0. The summed E-state index contributed by atoms with van der Waals surface area (Å²) in [7, 11) is 0. The van der Waals surface area contributed by atoms with Crippen molar-refractivity contribution >= 4 is 17.3 Å². The molecule has 1 saturated carbocycles. The predicted octanol–water partition coefficient (Wildman–Crippen LogP) is 1.06. The monoisotopic (exact) mass is 414 g/mol. The Balaban J connectivity index is 1.80. The third-order valence-corrected chi connectivity index (χ3v) is 5.53. The molecule has 0 aromatic carbocycles. The van der Waals surface area contributed by atoms with Crippen molar-refractivity contribution in [3.05, 3.63) is 35.7 Å². The lowest BCUT2D eigenvalue weighted by atomic mass is 10.1.